The number of ether oxygens (including phenoxy) is 1. The second kappa shape index (κ2) is 8.56. The van der Waals surface area contributed by atoms with Gasteiger partial charge in [-0.1, -0.05) is 62.4 Å². The summed E-state index contributed by atoms with van der Waals surface area (Å²) in [5, 5.41) is 9.46. The number of aliphatic carboxylic acids is 1. The molecule has 2 rings (SSSR count). The van der Waals surface area contributed by atoms with E-state index in [4.69, 9.17) is 4.74 Å². The molecule has 0 radical (unpaired) electrons. The first kappa shape index (κ1) is 17.3. The van der Waals surface area contributed by atoms with Crippen LogP contribution < -0.4 is 0 Å². The van der Waals surface area contributed by atoms with Gasteiger partial charge in [0.25, 0.3) is 0 Å². The Balaban J connectivity index is 1.89. The fraction of sp³-hybridized carbons (Fsp3) is 0.556. The maximum absolute atomic E-state index is 12.1. The molecule has 1 N–H and O–H groups in total. The standard InChI is InChI=1S/C18H25NO4/c1-19(18(22)23-13-15-10-6-3-7-11-15)16(17(20)21)12-14-8-4-2-5-9-14/h3,6-7,10-11,14,16H,2,4-5,8-9,12-13H2,1H3,(H,20,21)/t16-/m1/s1. The van der Waals surface area contributed by atoms with Gasteiger partial charge in [-0.05, 0) is 17.9 Å². The summed E-state index contributed by atoms with van der Waals surface area (Å²) in [6, 6.07) is 8.54. The highest BCUT2D eigenvalue weighted by molar-refractivity contribution is 5.79. The molecule has 0 bridgehead atoms. The Labute approximate surface area is 137 Å². The van der Waals surface area contributed by atoms with E-state index in [1.54, 1.807) is 0 Å². The normalized spacial score (nSPS) is 16.6. The van der Waals surface area contributed by atoms with Crippen LogP contribution in [0.2, 0.25) is 0 Å². The topological polar surface area (TPSA) is 66.8 Å². The molecule has 1 aromatic carbocycles. The van der Waals surface area contributed by atoms with E-state index in [0.717, 1.165) is 31.2 Å². The van der Waals surface area contributed by atoms with E-state index in [0.29, 0.717) is 12.3 Å². The molecule has 1 saturated carbocycles. The lowest BCUT2D eigenvalue weighted by Gasteiger charge is -2.29. The van der Waals surface area contributed by atoms with Crippen molar-refractivity contribution in [3.8, 4) is 0 Å². The van der Waals surface area contributed by atoms with Gasteiger partial charge in [0.15, 0.2) is 0 Å². The maximum Gasteiger partial charge on any atom is 0.410 e. The van der Waals surface area contributed by atoms with Gasteiger partial charge >= 0.3 is 12.1 Å². The molecule has 1 amide bonds. The lowest BCUT2D eigenvalue weighted by molar-refractivity contribution is -0.143. The Morgan fingerprint density at radius 3 is 2.48 bits per heavy atom. The third-order valence-electron chi connectivity index (χ3n) is 4.53. The lowest BCUT2D eigenvalue weighted by Crippen LogP contribution is -2.44. The average Bonchev–Trinajstić information content (AvgIpc) is 2.58. The van der Waals surface area contributed by atoms with E-state index in [9.17, 15) is 14.7 Å². The van der Waals surface area contributed by atoms with Crippen LogP contribution in [0.5, 0.6) is 0 Å². The van der Waals surface area contributed by atoms with Crippen molar-refractivity contribution in [2.24, 2.45) is 5.92 Å². The molecule has 1 atom stereocenters. The van der Waals surface area contributed by atoms with E-state index in [2.05, 4.69) is 0 Å². The predicted octanol–water partition coefficient (Wildman–Crippen LogP) is 3.68. The Kier molecular flexibility index (Phi) is 6.44. The van der Waals surface area contributed by atoms with Crippen LogP contribution >= 0.6 is 0 Å². The van der Waals surface area contributed by atoms with Gasteiger partial charge in [0.05, 0.1) is 0 Å². The van der Waals surface area contributed by atoms with E-state index in [1.807, 2.05) is 30.3 Å². The Bertz CT molecular complexity index is 511. The molecule has 5 heteroatoms. The molecule has 23 heavy (non-hydrogen) atoms. The molecule has 1 aliphatic rings. The Morgan fingerprint density at radius 2 is 1.87 bits per heavy atom. The van der Waals surface area contributed by atoms with Crippen molar-refractivity contribution in [2.45, 2.75) is 51.2 Å². The van der Waals surface area contributed by atoms with Crippen LogP contribution in [0.4, 0.5) is 4.79 Å². The quantitative estimate of drug-likeness (QED) is 0.868. The summed E-state index contributed by atoms with van der Waals surface area (Å²) < 4.78 is 5.23. The molecule has 0 aliphatic heterocycles. The second-order valence-electron chi connectivity index (χ2n) is 6.24. The molecule has 0 aromatic heterocycles. The third kappa shape index (κ3) is 5.27. The van der Waals surface area contributed by atoms with Gasteiger partial charge in [-0.3, -0.25) is 4.90 Å². The summed E-state index contributed by atoms with van der Waals surface area (Å²) in [5.41, 5.74) is 0.883. The first-order valence-corrected chi connectivity index (χ1v) is 8.24. The lowest BCUT2D eigenvalue weighted by atomic mass is 9.84. The van der Waals surface area contributed by atoms with Crippen LogP contribution in [-0.2, 0) is 16.1 Å². The molecule has 0 saturated heterocycles. The van der Waals surface area contributed by atoms with E-state index in [1.165, 1.54) is 18.4 Å². The number of likely N-dealkylation sites (N-methyl/N-ethyl adjacent to an activating group) is 1. The zero-order valence-electron chi connectivity index (χ0n) is 13.6. The number of amides is 1. The van der Waals surface area contributed by atoms with Gasteiger partial charge in [-0.15, -0.1) is 0 Å². The number of nitrogens with zero attached hydrogens (tertiary/aromatic N) is 1. The van der Waals surface area contributed by atoms with Crippen molar-refractivity contribution >= 4 is 12.1 Å². The summed E-state index contributed by atoms with van der Waals surface area (Å²) in [5.74, 6) is -0.580. The Morgan fingerprint density at radius 1 is 1.22 bits per heavy atom. The number of carbonyl (C=O) groups is 2. The van der Waals surface area contributed by atoms with Gasteiger partial charge < -0.3 is 9.84 Å². The molecule has 0 heterocycles. The van der Waals surface area contributed by atoms with Gasteiger partial charge in [0, 0.05) is 7.05 Å². The van der Waals surface area contributed by atoms with Crippen molar-refractivity contribution in [2.75, 3.05) is 7.05 Å². The number of benzene rings is 1. The number of hydrogen-bond acceptors (Lipinski definition) is 3. The van der Waals surface area contributed by atoms with Crippen LogP contribution in [-0.4, -0.2) is 35.2 Å². The molecular weight excluding hydrogens is 294 g/mol. The number of carboxylic acids is 1. The van der Waals surface area contributed by atoms with Crippen LogP contribution in [0.1, 0.15) is 44.1 Å². The minimum absolute atomic E-state index is 0.153. The molecule has 1 fully saturated rings. The first-order valence-electron chi connectivity index (χ1n) is 8.24. The van der Waals surface area contributed by atoms with Crippen molar-refractivity contribution < 1.29 is 19.4 Å². The van der Waals surface area contributed by atoms with E-state index < -0.39 is 18.1 Å². The van der Waals surface area contributed by atoms with Gasteiger partial charge in [-0.2, -0.15) is 0 Å². The van der Waals surface area contributed by atoms with Crippen LogP contribution in [0, 0.1) is 5.92 Å². The van der Waals surface area contributed by atoms with Crippen LogP contribution in [0.15, 0.2) is 30.3 Å². The average molecular weight is 319 g/mol. The van der Waals surface area contributed by atoms with E-state index in [-0.39, 0.29) is 6.61 Å². The maximum atomic E-state index is 12.1. The van der Waals surface area contributed by atoms with Crippen molar-refractivity contribution in [3.63, 3.8) is 0 Å². The van der Waals surface area contributed by atoms with Crippen LogP contribution in [0.3, 0.4) is 0 Å². The molecule has 1 aliphatic carbocycles. The van der Waals surface area contributed by atoms with Gasteiger partial charge in [-0.25, -0.2) is 9.59 Å². The highest BCUT2D eigenvalue weighted by Gasteiger charge is 2.30. The second-order valence-corrected chi connectivity index (χ2v) is 6.24. The fourth-order valence-electron chi connectivity index (χ4n) is 3.11. The number of carbonyl (C=O) groups excluding carboxylic acids is 1. The summed E-state index contributed by atoms with van der Waals surface area (Å²) in [4.78, 5) is 24.9. The molecule has 0 unspecified atom stereocenters. The third-order valence-corrected chi connectivity index (χ3v) is 4.53. The SMILES string of the molecule is CN(C(=O)OCc1ccccc1)[C@H](CC1CCCCC1)C(=O)O. The largest absolute Gasteiger partial charge is 0.480 e. The minimum atomic E-state index is -0.963. The van der Waals surface area contributed by atoms with Crippen molar-refractivity contribution in [3.05, 3.63) is 35.9 Å². The Hall–Kier alpha value is -2.04. The zero-order chi connectivity index (χ0) is 16.7. The highest BCUT2D eigenvalue weighted by Crippen LogP contribution is 2.28. The highest BCUT2D eigenvalue weighted by atomic mass is 16.6. The summed E-state index contributed by atoms with van der Waals surface area (Å²) in [6.45, 7) is 0.153. The van der Waals surface area contributed by atoms with Crippen molar-refractivity contribution in [1.29, 1.82) is 0 Å². The fourth-order valence-corrected chi connectivity index (χ4v) is 3.11. The monoisotopic (exact) mass is 319 g/mol. The van der Waals surface area contributed by atoms with Crippen molar-refractivity contribution in [1.82, 2.24) is 4.90 Å². The molecular formula is C18H25NO4. The summed E-state index contributed by atoms with van der Waals surface area (Å²) in [7, 11) is 1.51. The minimum Gasteiger partial charge on any atom is -0.480 e. The molecule has 1 aromatic rings. The number of hydrogen-bond donors (Lipinski definition) is 1. The van der Waals surface area contributed by atoms with Gasteiger partial charge in [0.1, 0.15) is 12.6 Å². The predicted molar refractivity (Wildman–Crippen MR) is 87.0 cm³/mol. The van der Waals surface area contributed by atoms with Gasteiger partial charge in [0.2, 0.25) is 0 Å². The molecule has 126 valence electrons. The first-order chi connectivity index (χ1) is 11.1. The zero-order valence-corrected chi connectivity index (χ0v) is 13.6. The van der Waals surface area contributed by atoms with E-state index >= 15 is 0 Å². The molecule has 5 nitrogen and oxygen atoms in total. The molecule has 0 spiro atoms. The summed E-state index contributed by atoms with van der Waals surface area (Å²) in [6.07, 6.45) is 5.55. The smallest absolute Gasteiger partial charge is 0.410 e. The van der Waals surface area contributed by atoms with Crippen LogP contribution in [0.25, 0.3) is 0 Å². The number of rotatable bonds is 6. The number of carboxylic acid groups (broad SMARTS) is 1. The summed E-state index contributed by atoms with van der Waals surface area (Å²) >= 11 is 0.